The molecular weight excluding hydrogens is 170 g/mol. The minimum Gasteiger partial charge on any atom is -0.382 e. The molecule has 0 aromatic carbocycles. The van der Waals surface area contributed by atoms with Crippen LogP contribution in [0.4, 0.5) is 5.82 Å². The van der Waals surface area contributed by atoms with E-state index in [0.717, 1.165) is 0 Å². The predicted octanol–water partition coefficient (Wildman–Crippen LogP) is -0.0625. The van der Waals surface area contributed by atoms with Crippen molar-refractivity contribution in [3.63, 3.8) is 0 Å². The van der Waals surface area contributed by atoms with Crippen molar-refractivity contribution in [1.82, 2.24) is 9.78 Å². The molecule has 1 aromatic rings. The third-order valence-corrected chi connectivity index (χ3v) is 1.94. The minimum absolute atomic E-state index is 0.111. The summed E-state index contributed by atoms with van der Waals surface area (Å²) < 4.78 is 1.33. The summed E-state index contributed by atoms with van der Waals surface area (Å²) in [4.78, 5) is 22.6. The lowest BCUT2D eigenvalue weighted by molar-refractivity contribution is 0.0989. The Morgan fingerprint density at radius 2 is 1.92 bits per heavy atom. The second kappa shape index (κ2) is 2.29. The molecule has 0 saturated carbocycles. The van der Waals surface area contributed by atoms with Crippen molar-refractivity contribution in [3.05, 3.63) is 23.4 Å². The normalized spacial score (nSPS) is 14.8. The van der Waals surface area contributed by atoms with Crippen molar-refractivity contribution in [1.29, 1.82) is 0 Å². The molecule has 1 aromatic heterocycles. The van der Waals surface area contributed by atoms with E-state index in [0.29, 0.717) is 0 Å². The minimum atomic E-state index is -0.264. The van der Waals surface area contributed by atoms with Crippen LogP contribution in [-0.4, -0.2) is 21.3 Å². The van der Waals surface area contributed by atoms with Gasteiger partial charge in [0.05, 0.1) is 5.56 Å². The molecule has 1 heterocycles. The molecule has 0 amide bonds. The lowest BCUT2D eigenvalue weighted by Gasteiger charge is -2.03. The second-order valence-electron chi connectivity index (χ2n) is 2.79. The molecule has 1 aliphatic rings. The molecule has 2 rings (SSSR count). The second-order valence-corrected chi connectivity index (χ2v) is 2.79. The summed E-state index contributed by atoms with van der Waals surface area (Å²) in [6.45, 7) is 0. The first-order valence-corrected chi connectivity index (χ1v) is 3.70. The van der Waals surface area contributed by atoms with Crippen LogP contribution in [0.25, 0.3) is 0 Å². The van der Waals surface area contributed by atoms with Crippen LogP contribution in [0.1, 0.15) is 20.8 Å². The summed E-state index contributed by atoms with van der Waals surface area (Å²) >= 11 is 0. The fourth-order valence-corrected chi connectivity index (χ4v) is 1.38. The average Bonchev–Trinajstić information content (AvgIpc) is 2.36. The summed E-state index contributed by atoms with van der Waals surface area (Å²) in [5.41, 5.74) is 5.96. The first kappa shape index (κ1) is 7.72. The topological polar surface area (TPSA) is 78.0 Å². The van der Waals surface area contributed by atoms with Crippen molar-refractivity contribution in [2.75, 3.05) is 5.73 Å². The van der Waals surface area contributed by atoms with Crippen molar-refractivity contribution in [2.24, 2.45) is 7.05 Å². The van der Waals surface area contributed by atoms with Crippen molar-refractivity contribution < 1.29 is 9.59 Å². The highest BCUT2D eigenvalue weighted by Crippen LogP contribution is 2.21. The zero-order valence-electron chi connectivity index (χ0n) is 6.94. The van der Waals surface area contributed by atoms with Gasteiger partial charge in [0.25, 0.3) is 0 Å². The maximum Gasteiger partial charge on any atom is 0.204 e. The molecule has 0 fully saturated rings. The van der Waals surface area contributed by atoms with E-state index in [-0.39, 0.29) is 28.6 Å². The number of ketones is 2. The van der Waals surface area contributed by atoms with Crippen LogP contribution in [0.15, 0.2) is 12.2 Å². The van der Waals surface area contributed by atoms with Gasteiger partial charge in [-0.2, -0.15) is 5.10 Å². The number of nitrogens with zero attached hydrogens (tertiary/aromatic N) is 2. The number of anilines is 1. The third kappa shape index (κ3) is 0.900. The Kier molecular flexibility index (Phi) is 1.36. The van der Waals surface area contributed by atoms with Crippen molar-refractivity contribution >= 4 is 17.4 Å². The number of hydrogen-bond acceptors (Lipinski definition) is 4. The van der Waals surface area contributed by atoms with E-state index in [4.69, 9.17) is 5.73 Å². The van der Waals surface area contributed by atoms with Gasteiger partial charge in [0, 0.05) is 7.05 Å². The van der Waals surface area contributed by atoms with Crippen molar-refractivity contribution in [2.45, 2.75) is 0 Å². The fourth-order valence-electron chi connectivity index (χ4n) is 1.38. The van der Waals surface area contributed by atoms with Crippen LogP contribution < -0.4 is 5.73 Å². The molecular formula is C8H7N3O2. The number of hydrogen-bond donors (Lipinski definition) is 1. The van der Waals surface area contributed by atoms with Crippen LogP contribution in [0.3, 0.4) is 0 Å². The summed E-state index contributed by atoms with van der Waals surface area (Å²) in [7, 11) is 1.58. The maximum absolute atomic E-state index is 11.3. The van der Waals surface area contributed by atoms with Gasteiger partial charge in [-0.25, -0.2) is 0 Å². The highest BCUT2D eigenvalue weighted by molar-refractivity contribution is 6.23. The van der Waals surface area contributed by atoms with Crippen LogP contribution in [-0.2, 0) is 7.05 Å². The molecule has 66 valence electrons. The molecule has 0 spiro atoms. The standard InChI is InChI=1S/C8H7N3O2/c1-11-7-5(13)3-2-4(12)6(7)8(9)10-11/h2-3H,1H3,(H2,9,10). The summed E-state index contributed by atoms with van der Waals surface area (Å²) in [6.07, 6.45) is 2.44. The highest BCUT2D eigenvalue weighted by Gasteiger charge is 2.26. The van der Waals surface area contributed by atoms with Crippen LogP contribution in [0, 0.1) is 0 Å². The van der Waals surface area contributed by atoms with Gasteiger partial charge in [-0.15, -0.1) is 0 Å². The SMILES string of the molecule is Cn1nc(N)c2c1C(=O)C=CC2=O. The molecule has 13 heavy (non-hydrogen) atoms. The number of carbonyl (C=O) groups is 2. The van der Waals surface area contributed by atoms with Gasteiger partial charge in [-0.3, -0.25) is 14.3 Å². The summed E-state index contributed by atoms with van der Waals surface area (Å²) in [5, 5.41) is 3.81. The molecule has 5 heteroatoms. The number of nitrogens with two attached hydrogens (primary N) is 1. The van der Waals surface area contributed by atoms with Gasteiger partial charge in [0.2, 0.25) is 5.78 Å². The van der Waals surface area contributed by atoms with E-state index in [1.54, 1.807) is 7.05 Å². The number of fused-ring (bicyclic) bond motifs is 1. The van der Waals surface area contributed by atoms with E-state index < -0.39 is 0 Å². The lowest BCUT2D eigenvalue weighted by Crippen LogP contribution is -2.14. The van der Waals surface area contributed by atoms with E-state index in [2.05, 4.69) is 5.10 Å². The Balaban J connectivity index is 2.78. The molecule has 1 aliphatic carbocycles. The highest BCUT2D eigenvalue weighted by atomic mass is 16.1. The summed E-state index contributed by atoms with van der Waals surface area (Å²) in [5.74, 6) is -0.387. The van der Waals surface area contributed by atoms with E-state index in [9.17, 15) is 9.59 Å². The fraction of sp³-hybridized carbons (Fsp3) is 0.125. The molecule has 0 unspecified atom stereocenters. The largest absolute Gasteiger partial charge is 0.382 e. The first-order chi connectivity index (χ1) is 6.11. The molecule has 0 bridgehead atoms. The number of aryl methyl sites for hydroxylation is 1. The Labute approximate surface area is 73.8 Å². The zero-order valence-corrected chi connectivity index (χ0v) is 6.94. The van der Waals surface area contributed by atoms with Gasteiger partial charge in [0.15, 0.2) is 11.6 Å². The quantitative estimate of drug-likeness (QED) is 0.602. The smallest absolute Gasteiger partial charge is 0.204 e. The monoisotopic (exact) mass is 177 g/mol. The molecule has 0 atom stereocenters. The van der Waals surface area contributed by atoms with Crippen LogP contribution >= 0.6 is 0 Å². The molecule has 5 nitrogen and oxygen atoms in total. The van der Waals surface area contributed by atoms with Gasteiger partial charge in [-0.1, -0.05) is 0 Å². The van der Waals surface area contributed by atoms with Crippen LogP contribution in [0.2, 0.25) is 0 Å². The molecule has 0 saturated heterocycles. The van der Waals surface area contributed by atoms with E-state index >= 15 is 0 Å². The Morgan fingerprint density at radius 1 is 1.31 bits per heavy atom. The Hall–Kier alpha value is -1.91. The maximum atomic E-state index is 11.3. The zero-order chi connectivity index (χ0) is 9.59. The number of carbonyl (C=O) groups excluding carboxylic acids is 2. The summed E-state index contributed by atoms with van der Waals surface area (Å²) in [6, 6.07) is 0. The molecule has 0 radical (unpaired) electrons. The van der Waals surface area contributed by atoms with E-state index in [1.165, 1.54) is 16.8 Å². The van der Waals surface area contributed by atoms with Gasteiger partial charge < -0.3 is 5.73 Å². The van der Waals surface area contributed by atoms with Crippen molar-refractivity contribution in [3.8, 4) is 0 Å². The lowest BCUT2D eigenvalue weighted by atomic mass is 10.0. The van der Waals surface area contributed by atoms with Gasteiger partial charge in [0.1, 0.15) is 5.69 Å². The molecule has 0 aliphatic heterocycles. The Bertz CT molecular complexity index is 404. The van der Waals surface area contributed by atoms with Gasteiger partial charge in [-0.05, 0) is 12.2 Å². The number of rotatable bonds is 0. The van der Waals surface area contributed by atoms with E-state index in [1.807, 2.05) is 0 Å². The molecule has 2 N–H and O–H groups in total. The average molecular weight is 177 g/mol. The van der Waals surface area contributed by atoms with Gasteiger partial charge >= 0.3 is 0 Å². The first-order valence-electron chi connectivity index (χ1n) is 3.70. The number of nitrogen functional groups attached to an aromatic ring is 1. The Morgan fingerprint density at radius 3 is 2.54 bits per heavy atom. The number of allylic oxidation sites excluding steroid dienone is 2. The number of aromatic nitrogens is 2. The third-order valence-electron chi connectivity index (χ3n) is 1.94. The van der Waals surface area contributed by atoms with Crippen LogP contribution in [0.5, 0.6) is 0 Å². The predicted molar refractivity (Wildman–Crippen MR) is 45.4 cm³/mol.